The number of benzene rings is 1. The zero-order valence-electron chi connectivity index (χ0n) is 16.5. The number of ether oxygens (including phenoxy) is 1. The average Bonchev–Trinajstić information content (AvgIpc) is 3.28. The Morgan fingerprint density at radius 2 is 1.83 bits per heavy atom. The highest BCUT2D eigenvalue weighted by atomic mass is 16.5. The average molecular weight is 395 g/mol. The molecule has 1 unspecified atom stereocenters. The Morgan fingerprint density at radius 1 is 1.10 bits per heavy atom. The Bertz CT molecular complexity index is 865. The van der Waals surface area contributed by atoms with Crippen molar-refractivity contribution in [1.29, 1.82) is 0 Å². The second-order valence-electron chi connectivity index (χ2n) is 6.25. The third kappa shape index (κ3) is 5.79. The van der Waals surface area contributed by atoms with Crippen LogP contribution >= 0.6 is 0 Å². The van der Waals surface area contributed by atoms with E-state index in [0.29, 0.717) is 18.0 Å². The number of hydrogen-bond donors (Lipinski definition) is 2. The highest BCUT2D eigenvalue weighted by molar-refractivity contribution is 5.89. The lowest BCUT2D eigenvalue weighted by Crippen LogP contribution is -2.39. The van der Waals surface area contributed by atoms with Crippen molar-refractivity contribution >= 4 is 11.7 Å². The van der Waals surface area contributed by atoms with Crippen LogP contribution in [0.3, 0.4) is 0 Å². The molecule has 2 N–H and O–H groups in total. The van der Waals surface area contributed by atoms with E-state index < -0.39 is 0 Å². The Labute approximate surface area is 169 Å². The van der Waals surface area contributed by atoms with Crippen molar-refractivity contribution in [1.82, 2.24) is 20.2 Å². The second-order valence-corrected chi connectivity index (χ2v) is 6.25. The maximum absolute atomic E-state index is 12.3. The maximum atomic E-state index is 12.3. The summed E-state index contributed by atoms with van der Waals surface area (Å²) >= 11 is 0. The van der Waals surface area contributed by atoms with Crippen LogP contribution in [0.4, 0.5) is 10.5 Å². The number of aromatic nitrogens is 2. The molecule has 8 nitrogen and oxygen atoms in total. The van der Waals surface area contributed by atoms with Gasteiger partial charge in [0.25, 0.3) is 0 Å². The highest BCUT2D eigenvalue weighted by Crippen LogP contribution is 2.21. The molecule has 2 aromatic heterocycles. The van der Waals surface area contributed by atoms with Gasteiger partial charge < -0.3 is 19.8 Å². The zero-order valence-corrected chi connectivity index (χ0v) is 16.5. The number of nitrogens with one attached hydrogen (secondary N) is 2. The summed E-state index contributed by atoms with van der Waals surface area (Å²) in [5.41, 5.74) is 0.654. The molecule has 1 atom stereocenters. The fourth-order valence-electron chi connectivity index (χ4n) is 2.97. The zero-order chi connectivity index (χ0) is 20.5. The molecule has 1 aromatic carbocycles. The van der Waals surface area contributed by atoms with E-state index in [2.05, 4.69) is 39.3 Å². The van der Waals surface area contributed by atoms with E-state index in [0.717, 1.165) is 18.8 Å². The quantitative estimate of drug-likeness (QED) is 0.567. The van der Waals surface area contributed by atoms with Gasteiger partial charge in [-0.05, 0) is 55.6 Å². The predicted octanol–water partition coefficient (Wildman–Crippen LogP) is 4.07. The number of amides is 2. The molecular formula is C21H25N5O3. The smallest absolute Gasteiger partial charge is 0.321 e. The van der Waals surface area contributed by atoms with E-state index in [1.165, 1.54) is 0 Å². The van der Waals surface area contributed by atoms with Crippen LogP contribution in [0, 0.1) is 0 Å². The van der Waals surface area contributed by atoms with Crippen LogP contribution in [0.15, 0.2) is 65.5 Å². The minimum Gasteiger partial charge on any atom is -0.468 e. The van der Waals surface area contributed by atoms with Gasteiger partial charge in [-0.15, -0.1) is 0 Å². The van der Waals surface area contributed by atoms with Gasteiger partial charge in [0.15, 0.2) is 0 Å². The van der Waals surface area contributed by atoms with Crippen molar-refractivity contribution in [3.05, 3.63) is 66.9 Å². The van der Waals surface area contributed by atoms with E-state index >= 15 is 0 Å². The molecule has 0 bridgehead atoms. The van der Waals surface area contributed by atoms with E-state index in [4.69, 9.17) is 9.15 Å². The number of carbonyl (C=O) groups is 1. The molecule has 152 valence electrons. The SMILES string of the molecule is CCN(CC)C(CNC(=O)Nc1ccc(Oc2ncccn2)cc1)c1ccco1. The molecule has 0 spiro atoms. The van der Waals surface area contributed by atoms with Crippen molar-refractivity contribution in [2.75, 3.05) is 25.0 Å². The Kier molecular flexibility index (Phi) is 7.18. The topological polar surface area (TPSA) is 92.5 Å². The molecule has 8 heteroatoms. The molecule has 2 heterocycles. The number of likely N-dealkylation sites (N-methyl/N-ethyl adjacent to an activating group) is 1. The van der Waals surface area contributed by atoms with Crippen molar-refractivity contribution in [3.8, 4) is 11.8 Å². The van der Waals surface area contributed by atoms with Gasteiger partial charge in [0.1, 0.15) is 11.5 Å². The number of rotatable bonds is 9. The van der Waals surface area contributed by atoms with Gasteiger partial charge in [-0.3, -0.25) is 4.90 Å². The van der Waals surface area contributed by atoms with Crippen molar-refractivity contribution in [2.24, 2.45) is 0 Å². The van der Waals surface area contributed by atoms with Crippen molar-refractivity contribution in [2.45, 2.75) is 19.9 Å². The summed E-state index contributed by atoms with van der Waals surface area (Å²) in [4.78, 5) is 22.6. The monoisotopic (exact) mass is 395 g/mol. The minimum absolute atomic E-state index is 0.0209. The second kappa shape index (κ2) is 10.2. The molecule has 3 rings (SSSR count). The molecular weight excluding hydrogens is 370 g/mol. The van der Waals surface area contributed by atoms with Gasteiger partial charge in [0.05, 0.1) is 12.3 Å². The molecule has 29 heavy (non-hydrogen) atoms. The predicted molar refractivity (Wildman–Crippen MR) is 110 cm³/mol. The minimum atomic E-state index is -0.284. The van der Waals surface area contributed by atoms with E-state index in [1.54, 1.807) is 49.0 Å². The number of nitrogens with zero attached hydrogens (tertiary/aromatic N) is 3. The maximum Gasteiger partial charge on any atom is 0.321 e. The number of hydrogen-bond acceptors (Lipinski definition) is 6. The first-order valence-electron chi connectivity index (χ1n) is 9.56. The molecule has 2 amide bonds. The lowest BCUT2D eigenvalue weighted by atomic mass is 10.2. The van der Waals surface area contributed by atoms with Gasteiger partial charge in [0, 0.05) is 24.6 Å². The number of urea groups is 1. The Morgan fingerprint density at radius 3 is 2.45 bits per heavy atom. The first kappa shape index (κ1) is 20.3. The lowest BCUT2D eigenvalue weighted by molar-refractivity contribution is 0.188. The summed E-state index contributed by atoms with van der Waals surface area (Å²) in [5.74, 6) is 1.42. The fourth-order valence-corrected chi connectivity index (χ4v) is 2.97. The molecule has 0 fully saturated rings. The molecule has 0 aliphatic rings. The molecule has 3 aromatic rings. The molecule has 0 radical (unpaired) electrons. The summed E-state index contributed by atoms with van der Waals surface area (Å²) in [6.07, 6.45) is 4.86. The molecule has 0 saturated heterocycles. The molecule has 0 saturated carbocycles. The van der Waals surface area contributed by atoms with E-state index in [9.17, 15) is 4.79 Å². The van der Waals surface area contributed by atoms with Crippen LogP contribution in [0.25, 0.3) is 0 Å². The van der Waals surface area contributed by atoms with Gasteiger partial charge in [-0.2, -0.15) is 0 Å². The summed E-state index contributed by atoms with van der Waals surface area (Å²) in [5, 5.41) is 5.74. The van der Waals surface area contributed by atoms with Gasteiger partial charge in [-0.1, -0.05) is 13.8 Å². The first-order valence-corrected chi connectivity index (χ1v) is 9.56. The Balaban J connectivity index is 1.54. The third-order valence-electron chi connectivity index (χ3n) is 4.44. The summed E-state index contributed by atoms with van der Waals surface area (Å²) in [6.45, 7) is 6.33. The van der Waals surface area contributed by atoms with Crippen molar-refractivity contribution < 1.29 is 13.9 Å². The lowest BCUT2D eigenvalue weighted by Gasteiger charge is -2.28. The molecule has 0 aliphatic carbocycles. The fraction of sp³-hybridized carbons (Fsp3) is 0.286. The van der Waals surface area contributed by atoms with Crippen LogP contribution < -0.4 is 15.4 Å². The number of carbonyl (C=O) groups excluding carboxylic acids is 1. The summed E-state index contributed by atoms with van der Waals surface area (Å²) < 4.78 is 11.1. The van der Waals surface area contributed by atoms with Gasteiger partial charge >= 0.3 is 12.0 Å². The standard InChI is InChI=1S/C21H25N5O3/c1-3-26(4-2)18(19-7-5-14-28-19)15-24-20(27)25-16-8-10-17(11-9-16)29-21-22-12-6-13-23-21/h5-14,18H,3-4,15H2,1-2H3,(H2,24,25,27). The Hall–Kier alpha value is -3.39. The first-order chi connectivity index (χ1) is 14.2. The van der Waals surface area contributed by atoms with E-state index in [-0.39, 0.29) is 18.1 Å². The summed E-state index contributed by atoms with van der Waals surface area (Å²) in [7, 11) is 0. The number of furan rings is 1. The van der Waals surface area contributed by atoms with Crippen LogP contribution in [0.5, 0.6) is 11.8 Å². The van der Waals surface area contributed by atoms with Crippen molar-refractivity contribution in [3.63, 3.8) is 0 Å². The summed E-state index contributed by atoms with van der Waals surface area (Å²) in [6, 6.07) is 12.5. The number of anilines is 1. The van der Waals surface area contributed by atoms with E-state index in [1.807, 2.05) is 12.1 Å². The molecule has 0 aliphatic heterocycles. The largest absolute Gasteiger partial charge is 0.468 e. The third-order valence-corrected chi connectivity index (χ3v) is 4.44. The van der Waals surface area contributed by atoms with Crippen LogP contribution in [0.2, 0.25) is 0 Å². The van der Waals surface area contributed by atoms with Crippen LogP contribution in [-0.4, -0.2) is 40.5 Å². The van der Waals surface area contributed by atoms with Crippen LogP contribution in [-0.2, 0) is 0 Å². The highest BCUT2D eigenvalue weighted by Gasteiger charge is 2.21. The van der Waals surface area contributed by atoms with Gasteiger partial charge in [-0.25, -0.2) is 14.8 Å². The normalized spacial score (nSPS) is 11.8. The van der Waals surface area contributed by atoms with Crippen LogP contribution in [0.1, 0.15) is 25.6 Å². The van der Waals surface area contributed by atoms with Gasteiger partial charge in [0.2, 0.25) is 0 Å².